The molecule has 0 aliphatic carbocycles. The van der Waals surface area contributed by atoms with E-state index < -0.39 is 0 Å². The van der Waals surface area contributed by atoms with Crippen molar-refractivity contribution in [3.8, 4) is 17.0 Å². The average Bonchev–Trinajstić information content (AvgIpc) is 3.21. The van der Waals surface area contributed by atoms with Crippen LogP contribution < -0.4 is 10.1 Å². The van der Waals surface area contributed by atoms with Crippen molar-refractivity contribution in [2.24, 2.45) is 0 Å². The number of nitrogens with one attached hydrogen (secondary N) is 1. The fraction of sp³-hybridized carbons (Fsp3) is 0.292. The molecule has 3 aromatic rings. The van der Waals surface area contributed by atoms with Crippen LogP contribution in [0.1, 0.15) is 28.8 Å². The van der Waals surface area contributed by atoms with E-state index in [4.69, 9.17) is 4.74 Å². The zero-order valence-electron chi connectivity index (χ0n) is 18.1. The summed E-state index contributed by atoms with van der Waals surface area (Å²) in [6.45, 7) is 3.36. The Labute approximate surface area is 186 Å². The van der Waals surface area contributed by atoms with E-state index in [1.54, 1.807) is 12.1 Å². The highest BCUT2D eigenvalue weighted by Gasteiger charge is 2.13. The lowest BCUT2D eigenvalue weighted by Gasteiger charge is -2.13. The van der Waals surface area contributed by atoms with Crippen LogP contribution in [-0.2, 0) is 4.79 Å². The highest BCUT2D eigenvalue weighted by atomic mass is 32.1. The molecular formula is C24H27N3O3S. The summed E-state index contributed by atoms with van der Waals surface area (Å²) in [6, 6.07) is 15.1. The van der Waals surface area contributed by atoms with Gasteiger partial charge < -0.3 is 15.0 Å². The van der Waals surface area contributed by atoms with Crippen LogP contribution in [0.15, 0.2) is 53.9 Å². The van der Waals surface area contributed by atoms with Crippen molar-refractivity contribution < 1.29 is 14.3 Å². The molecule has 1 aromatic heterocycles. The molecule has 0 aliphatic rings. The van der Waals surface area contributed by atoms with Gasteiger partial charge in [-0.25, -0.2) is 4.98 Å². The predicted octanol–water partition coefficient (Wildman–Crippen LogP) is 4.66. The molecule has 0 unspecified atom stereocenters. The van der Waals surface area contributed by atoms with Crippen molar-refractivity contribution in [2.75, 3.05) is 32.6 Å². The third-order valence-electron chi connectivity index (χ3n) is 4.66. The van der Waals surface area contributed by atoms with Crippen molar-refractivity contribution >= 4 is 28.2 Å². The van der Waals surface area contributed by atoms with Crippen LogP contribution in [0.5, 0.6) is 5.75 Å². The molecule has 2 aromatic carbocycles. The fourth-order valence-electron chi connectivity index (χ4n) is 2.89. The molecule has 1 N–H and O–H groups in total. The lowest BCUT2D eigenvalue weighted by Crippen LogP contribution is -2.19. The van der Waals surface area contributed by atoms with Gasteiger partial charge in [0.1, 0.15) is 12.4 Å². The number of anilines is 1. The van der Waals surface area contributed by atoms with Crippen LogP contribution in [0, 0.1) is 6.92 Å². The maximum Gasteiger partial charge on any atom is 0.226 e. The number of carbonyl (C=O) groups is 2. The molecule has 0 radical (unpaired) electrons. The lowest BCUT2D eigenvalue weighted by atomic mass is 10.1. The van der Waals surface area contributed by atoms with Crippen LogP contribution >= 0.6 is 11.3 Å². The minimum Gasteiger partial charge on any atom is -0.492 e. The number of thiazole rings is 1. The number of nitrogens with zero attached hydrogens (tertiary/aromatic N) is 2. The van der Waals surface area contributed by atoms with Gasteiger partial charge in [-0.3, -0.25) is 9.59 Å². The maximum atomic E-state index is 12.3. The van der Waals surface area contributed by atoms with Crippen LogP contribution in [0.3, 0.4) is 0 Å². The Kier molecular flexibility index (Phi) is 7.92. The Morgan fingerprint density at radius 3 is 2.55 bits per heavy atom. The first kappa shape index (κ1) is 22.7. The largest absolute Gasteiger partial charge is 0.492 e. The molecule has 0 saturated heterocycles. The summed E-state index contributed by atoms with van der Waals surface area (Å²) in [4.78, 5) is 31.1. The third-order valence-corrected chi connectivity index (χ3v) is 5.42. The van der Waals surface area contributed by atoms with Gasteiger partial charge in [-0.2, -0.15) is 0 Å². The van der Waals surface area contributed by atoms with Gasteiger partial charge in [0.25, 0.3) is 0 Å². The molecule has 7 heteroatoms. The molecule has 3 rings (SSSR count). The van der Waals surface area contributed by atoms with E-state index in [0.717, 1.165) is 29.1 Å². The first-order valence-electron chi connectivity index (χ1n) is 10.1. The van der Waals surface area contributed by atoms with Crippen LogP contribution in [0.25, 0.3) is 11.3 Å². The Morgan fingerprint density at radius 2 is 1.81 bits per heavy atom. The minimum absolute atomic E-state index is 0.0428. The number of hydrogen-bond donors (Lipinski definition) is 1. The molecule has 1 heterocycles. The number of para-hydroxylation sites is 1. The van der Waals surface area contributed by atoms with E-state index in [2.05, 4.69) is 15.2 Å². The quantitative estimate of drug-likeness (QED) is 0.467. The van der Waals surface area contributed by atoms with Crippen LogP contribution in [0.4, 0.5) is 5.13 Å². The molecular weight excluding hydrogens is 410 g/mol. The zero-order chi connectivity index (χ0) is 22.2. The average molecular weight is 438 g/mol. The number of aryl methyl sites for hydroxylation is 1. The molecule has 6 nitrogen and oxygen atoms in total. The van der Waals surface area contributed by atoms with Gasteiger partial charge in [-0.15, -0.1) is 11.3 Å². The van der Waals surface area contributed by atoms with Crippen LogP contribution in [-0.4, -0.2) is 48.8 Å². The summed E-state index contributed by atoms with van der Waals surface area (Å²) in [6.07, 6.45) is 0.279. The number of amides is 1. The Balaban J connectivity index is 1.57. The first-order chi connectivity index (χ1) is 14.9. The Hall–Kier alpha value is -3.03. The van der Waals surface area contributed by atoms with Gasteiger partial charge in [-0.1, -0.05) is 42.0 Å². The second-order valence-electron chi connectivity index (χ2n) is 7.52. The first-order valence-corrected chi connectivity index (χ1v) is 11.0. The van der Waals surface area contributed by atoms with Gasteiger partial charge in [0.15, 0.2) is 10.9 Å². The number of ketones is 1. The van der Waals surface area contributed by atoms with Crippen LogP contribution in [0.2, 0.25) is 0 Å². The van der Waals surface area contributed by atoms with E-state index in [-0.39, 0.29) is 24.5 Å². The number of carbonyl (C=O) groups excluding carboxylic acids is 2. The van der Waals surface area contributed by atoms with Crippen molar-refractivity contribution in [3.05, 3.63) is 65.0 Å². The molecule has 1 amide bonds. The van der Waals surface area contributed by atoms with Gasteiger partial charge in [0, 0.05) is 35.9 Å². The molecule has 31 heavy (non-hydrogen) atoms. The van der Waals surface area contributed by atoms with Crippen molar-refractivity contribution in [1.29, 1.82) is 0 Å². The highest BCUT2D eigenvalue weighted by molar-refractivity contribution is 7.14. The van der Waals surface area contributed by atoms with Crippen molar-refractivity contribution in [3.63, 3.8) is 0 Å². The molecule has 0 saturated carbocycles. The number of Topliss-reactive ketones (excluding diaryl/α,β-unsaturated/α-hetero) is 1. The zero-order valence-corrected chi connectivity index (χ0v) is 18.9. The summed E-state index contributed by atoms with van der Waals surface area (Å²) in [5.74, 6) is 0.492. The summed E-state index contributed by atoms with van der Waals surface area (Å²) in [7, 11) is 4.00. The SMILES string of the molecule is Cc1ccc(C(=O)CCC(=O)Nc2nc(-c3ccccc3OCCN(C)C)cs2)cc1. The normalized spacial score (nSPS) is 10.8. The smallest absolute Gasteiger partial charge is 0.226 e. The number of rotatable bonds is 10. The molecule has 162 valence electrons. The number of hydrogen-bond acceptors (Lipinski definition) is 6. The summed E-state index contributed by atoms with van der Waals surface area (Å²) in [5.41, 5.74) is 3.35. The van der Waals surface area contributed by atoms with Gasteiger partial charge in [-0.05, 0) is 33.2 Å². The van der Waals surface area contributed by atoms with E-state index in [1.807, 2.05) is 62.8 Å². The number of aromatic nitrogens is 1. The molecule has 0 spiro atoms. The molecule has 0 bridgehead atoms. The molecule has 0 fully saturated rings. The number of benzene rings is 2. The van der Waals surface area contributed by atoms with Gasteiger partial charge in [0.2, 0.25) is 5.91 Å². The summed E-state index contributed by atoms with van der Waals surface area (Å²) >= 11 is 1.35. The van der Waals surface area contributed by atoms with Gasteiger partial charge >= 0.3 is 0 Å². The van der Waals surface area contributed by atoms with E-state index in [0.29, 0.717) is 17.3 Å². The second-order valence-corrected chi connectivity index (χ2v) is 8.38. The highest BCUT2D eigenvalue weighted by Crippen LogP contribution is 2.32. The second kappa shape index (κ2) is 10.8. The summed E-state index contributed by atoms with van der Waals surface area (Å²) < 4.78 is 5.91. The predicted molar refractivity (Wildman–Crippen MR) is 125 cm³/mol. The molecule has 0 aliphatic heterocycles. The monoisotopic (exact) mass is 437 g/mol. The van der Waals surface area contributed by atoms with Gasteiger partial charge in [0.05, 0.1) is 5.69 Å². The van der Waals surface area contributed by atoms with E-state index in [1.165, 1.54) is 11.3 Å². The molecule has 0 atom stereocenters. The lowest BCUT2D eigenvalue weighted by molar-refractivity contribution is -0.116. The van der Waals surface area contributed by atoms with E-state index in [9.17, 15) is 9.59 Å². The van der Waals surface area contributed by atoms with Crippen molar-refractivity contribution in [1.82, 2.24) is 9.88 Å². The summed E-state index contributed by atoms with van der Waals surface area (Å²) in [5, 5.41) is 5.19. The Bertz CT molecular complexity index is 1030. The van der Waals surface area contributed by atoms with Crippen molar-refractivity contribution in [2.45, 2.75) is 19.8 Å². The minimum atomic E-state index is -0.225. The number of ether oxygens (including phenoxy) is 1. The fourth-order valence-corrected chi connectivity index (χ4v) is 3.62. The number of likely N-dealkylation sites (N-methyl/N-ethyl adjacent to an activating group) is 1. The van der Waals surface area contributed by atoms with E-state index >= 15 is 0 Å². The third kappa shape index (κ3) is 6.73. The topological polar surface area (TPSA) is 71.5 Å². The standard InChI is InChI=1S/C24H27N3O3S/c1-17-8-10-18(11-9-17)21(28)12-13-23(29)26-24-25-20(16-31-24)19-6-4-5-7-22(19)30-15-14-27(2)3/h4-11,16H,12-15H2,1-3H3,(H,25,26,29). The maximum absolute atomic E-state index is 12.3. The Morgan fingerprint density at radius 1 is 1.06 bits per heavy atom.